The largest absolute Gasteiger partial charge is 0.393 e. The van der Waals surface area contributed by atoms with Gasteiger partial charge in [0.05, 0.1) is 11.0 Å². The maximum absolute atomic E-state index is 10.9. The number of likely N-dealkylation sites (tertiary alicyclic amines) is 1. The molecule has 1 aliphatic rings. The summed E-state index contributed by atoms with van der Waals surface area (Å²) >= 11 is 0. The number of non-ortho nitro benzene ring substituents is 1. The summed E-state index contributed by atoms with van der Waals surface area (Å²) in [5.74, 6) is 0. The van der Waals surface area contributed by atoms with Gasteiger partial charge in [0.1, 0.15) is 0 Å². The first-order valence-electron chi connectivity index (χ1n) is 7.71. The molecule has 0 amide bonds. The van der Waals surface area contributed by atoms with Gasteiger partial charge >= 0.3 is 0 Å². The smallest absolute Gasteiger partial charge is 0.269 e. The SMILES string of the molecule is CC(O)CC1CCCCCN1Cc1cccc([N+](=O)[O-])c1. The topological polar surface area (TPSA) is 66.6 Å². The lowest BCUT2D eigenvalue weighted by Crippen LogP contribution is -2.36. The van der Waals surface area contributed by atoms with E-state index in [1.54, 1.807) is 12.1 Å². The van der Waals surface area contributed by atoms with Gasteiger partial charge in [0.2, 0.25) is 0 Å². The van der Waals surface area contributed by atoms with E-state index < -0.39 is 0 Å². The molecule has 1 saturated heterocycles. The van der Waals surface area contributed by atoms with E-state index in [1.807, 2.05) is 13.0 Å². The van der Waals surface area contributed by atoms with Crippen molar-refractivity contribution in [3.05, 3.63) is 39.9 Å². The normalized spacial score (nSPS) is 21.7. The summed E-state index contributed by atoms with van der Waals surface area (Å²) in [5.41, 5.74) is 1.12. The monoisotopic (exact) mass is 292 g/mol. The Morgan fingerprint density at radius 2 is 2.24 bits per heavy atom. The molecule has 1 heterocycles. The molecule has 2 atom stereocenters. The third-order valence-electron chi connectivity index (χ3n) is 4.12. The third kappa shape index (κ3) is 4.79. The van der Waals surface area contributed by atoms with Crippen molar-refractivity contribution in [2.45, 2.75) is 57.7 Å². The van der Waals surface area contributed by atoms with Crippen molar-refractivity contribution in [1.29, 1.82) is 0 Å². The Morgan fingerprint density at radius 1 is 1.43 bits per heavy atom. The molecular weight excluding hydrogens is 268 g/mol. The zero-order valence-corrected chi connectivity index (χ0v) is 12.6. The average Bonchev–Trinajstić information content (AvgIpc) is 2.64. The van der Waals surface area contributed by atoms with Gasteiger partial charge in [-0.05, 0) is 38.3 Å². The van der Waals surface area contributed by atoms with Gasteiger partial charge in [-0.3, -0.25) is 15.0 Å². The summed E-state index contributed by atoms with van der Waals surface area (Å²) in [7, 11) is 0. The van der Waals surface area contributed by atoms with Gasteiger partial charge in [0.15, 0.2) is 0 Å². The number of hydrogen-bond acceptors (Lipinski definition) is 4. The van der Waals surface area contributed by atoms with Gasteiger partial charge in [0.25, 0.3) is 5.69 Å². The summed E-state index contributed by atoms with van der Waals surface area (Å²) in [4.78, 5) is 12.9. The van der Waals surface area contributed by atoms with Crippen LogP contribution in [0.4, 0.5) is 5.69 Å². The fourth-order valence-corrected chi connectivity index (χ4v) is 3.11. The molecule has 0 saturated carbocycles. The highest BCUT2D eigenvalue weighted by molar-refractivity contribution is 5.34. The van der Waals surface area contributed by atoms with Crippen LogP contribution in [0, 0.1) is 10.1 Å². The lowest BCUT2D eigenvalue weighted by Gasteiger charge is -2.30. The first-order valence-corrected chi connectivity index (χ1v) is 7.71. The number of nitrogens with zero attached hydrogens (tertiary/aromatic N) is 2. The van der Waals surface area contributed by atoms with E-state index in [-0.39, 0.29) is 16.7 Å². The minimum atomic E-state index is -0.348. The minimum absolute atomic E-state index is 0.148. The van der Waals surface area contributed by atoms with Crippen molar-refractivity contribution in [3.63, 3.8) is 0 Å². The molecule has 21 heavy (non-hydrogen) atoms. The van der Waals surface area contributed by atoms with Gasteiger partial charge in [-0.15, -0.1) is 0 Å². The first kappa shape index (κ1) is 15.9. The van der Waals surface area contributed by atoms with Crippen LogP contribution in [-0.4, -0.2) is 33.6 Å². The van der Waals surface area contributed by atoms with Crippen molar-refractivity contribution in [2.75, 3.05) is 6.54 Å². The van der Waals surface area contributed by atoms with Crippen LogP contribution in [0.3, 0.4) is 0 Å². The first-order chi connectivity index (χ1) is 10.1. The highest BCUT2D eigenvalue weighted by Crippen LogP contribution is 2.23. The Hall–Kier alpha value is -1.46. The van der Waals surface area contributed by atoms with Crippen molar-refractivity contribution in [2.24, 2.45) is 0 Å². The van der Waals surface area contributed by atoms with E-state index in [4.69, 9.17) is 0 Å². The van der Waals surface area contributed by atoms with Crippen LogP contribution in [0.15, 0.2) is 24.3 Å². The second kappa shape index (κ2) is 7.52. The van der Waals surface area contributed by atoms with Gasteiger partial charge in [-0.25, -0.2) is 0 Å². The molecule has 2 rings (SSSR count). The molecule has 1 aromatic rings. The molecule has 5 heteroatoms. The number of rotatable bonds is 5. The molecule has 0 aliphatic carbocycles. The predicted octanol–water partition coefficient (Wildman–Crippen LogP) is 3.11. The van der Waals surface area contributed by atoms with E-state index in [9.17, 15) is 15.2 Å². The Bertz CT molecular complexity index is 476. The molecule has 0 aromatic heterocycles. The molecule has 116 valence electrons. The number of aliphatic hydroxyl groups excluding tert-OH is 1. The highest BCUT2D eigenvalue weighted by Gasteiger charge is 2.22. The van der Waals surface area contributed by atoms with Gasteiger partial charge in [0, 0.05) is 24.7 Å². The fraction of sp³-hybridized carbons (Fsp3) is 0.625. The zero-order valence-electron chi connectivity index (χ0n) is 12.6. The van der Waals surface area contributed by atoms with E-state index in [0.717, 1.165) is 37.9 Å². The number of nitro groups is 1. The Kier molecular flexibility index (Phi) is 5.70. The molecule has 1 N–H and O–H groups in total. The van der Waals surface area contributed by atoms with Crippen molar-refractivity contribution in [1.82, 2.24) is 4.90 Å². The van der Waals surface area contributed by atoms with E-state index in [1.165, 1.54) is 18.9 Å². The van der Waals surface area contributed by atoms with Crippen molar-refractivity contribution < 1.29 is 10.0 Å². The molecule has 0 bridgehead atoms. The highest BCUT2D eigenvalue weighted by atomic mass is 16.6. The second-order valence-corrected chi connectivity index (χ2v) is 5.99. The predicted molar refractivity (Wildman–Crippen MR) is 82.1 cm³/mol. The van der Waals surface area contributed by atoms with Crippen LogP contribution in [0.2, 0.25) is 0 Å². The third-order valence-corrected chi connectivity index (χ3v) is 4.12. The summed E-state index contributed by atoms with van der Waals surface area (Å²) in [5, 5.41) is 20.6. The van der Waals surface area contributed by atoms with Crippen LogP contribution in [0.25, 0.3) is 0 Å². The minimum Gasteiger partial charge on any atom is -0.393 e. The molecule has 2 unspecified atom stereocenters. The number of benzene rings is 1. The summed E-state index contributed by atoms with van der Waals surface area (Å²) in [6, 6.07) is 7.24. The Morgan fingerprint density at radius 3 is 2.95 bits per heavy atom. The van der Waals surface area contributed by atoms with Gasteiger partial charge in [-0.1, -0.05) is 25.0 Å². The summed E-state index contributed by atoms with van der Waals surface area (Å²) in [6.07, 6.45) is 5.14. The fourth-order valence-electron chi connectivity index (χ4n) is 3.11. The molecule has 1 fully saturated rings. The molecule has 1 aromatic carbocycles. The molecule has 5 nitrogen and oxygen atoms in total. The molecule has 0 spiro atoms. The van der Waals surface area contributed by atoms with Crippen LogP contribution >= 0.6 is 0 Å². The lowest BCUT2D eigenvalue weighted by molar-refractivity contribution is -0.384. The van der Waals surface area contributed by atoms with Crippen LogP contribution < -0.4 is 0 Å². The van der Waals surface area contributed by atoms with E-state index in [0.29, 0.717) is 6.04 Å². The van der Waals surface area contributed by atoms with E-state index in [2.05, 4.69) is 4.90 Å². The van der Waals surface area contributed by atoms with Crippen LogP contribution in [0.1, 0.15) is 44.6 Å². The van der Waals surface area contributed by atoms with Crippen molar-refractivity contribution in [3.8, 4) is 0 Å². The molecular formula is C16H24N2O3. The Labute approximate surface area is 125 Å². The van der Waals surface area contributed by atoms with Gasteiger partial charge < -0.3 is 5.11 Å². The number of hydrogen-bond donors (Lipinski definition) is 1. The van der Waals surface area contributed by atoms with E-state index >= 15 is 0 Å². The maximum atomic E-state index is 10.9. The average molecular weight is 292 g/mol. The zero-order chi connectivity index (χ0) is 15.2. The number of aliphatic hydroxyl groups is 1. The summed E-state index contributed by atoms with van der Waals surface area (Å²) < 4.78 is 0. The number of nitro benzene ring substituents is 1. The quantitative estimate of drug-likeness (QED) is 0.669. The second-order valence-electron chi connectivity index (χ2n) is 5.99. The van der Waals surface area contributed by atoms with Crippen molar-refractivity contribution >= 4 is 5.69 Å². The standard InChI is InChI=1S/C16H24N2O3/c1-13(19)10-15-7-3-2-4-9-17(15)12-14-6-5-8-16(11-14)18(20)21/h5-6,8,11,13,15,19H,2-4,7,9-10,12H2,1H3. The van der Waals surface area contributed by atoms with Crippen LogP contribution in [-0.2, 0) is 6.54 Å². The molecule has 1 aliphatic heterocycles. The summed E-state index contributed by atoms with van der Waals surface area (Å²) in [6.45, 7) is 3.55. The van der Waals surface area contributed by atoms with Crippen LogP contribution in [0.5, 0.6) is 0 Å². The molecule has 0 radical (unpaired) electrons. The van der Waals surface area contributed by atoms with Gasteiger partial charge in [-0.2, -0.15) is 0 Å². The Balaban J connectivity index is 2.10. The lowest BCUT2D eigenvalue weighted by atomic mass is 10.0. The maximum Gasteiger partial charge on any atom is 0.269 e.